The molecular weight excluding hydrogens is 719 g/mol. The maximum absolute atomic E-state index is 10.2. The monoisotopic (exact) mass is 761 g/mol. The van der Waals surface area contributed by atoms with Crippen LogP contribution in [-0.4, -0.2) is 36.5 Å². The van der Waals surface area contributed by atoms with Crippen LogP contribution >= 0.6 is 0 Å². The maximum atomic E-state index is 10.2. The summed E-state index contributed by atoms with van der Waals surface area (Å²) in [4.78, 5) is 9.39. The van der Waals surface area contributed by atoms with Gasteiger partial charge in [0.2, 0.25) is 0 Å². The third-order valence-corrected chi connectivity index (χ3v) is 11.9. The first-order chi connectivity index (χ1) is 29.1. The smallest absolute Gasteiger partial charge is 0.0694 e. The van der Waals surface area contributed by atoms with E-state index in [1.165, 1.54) is 44.1 Å². The lowest BCUT2D eigenvalue weighted by Crippen LogP contribution is -2.27. The summed E-state index contributed by atoms with van der Waals surface area (Å²) in [6, 6.07) is 71.7. The van der Waals surface area contributed by atoms with Crippen LogP contribution in [0, 0.1) is 11.3 Å². The molecule has 0 bridgehead atoms. The molecule has 8 aromatic rings. The van der Waals surface area contributed by atoms with E-state index in [4.69, 9.17) is 0 Å². The molecule has 5 heteroatoms. The molecule has 5 nitrogen and oxygen atoms in total. The Hall–Kier alpha value is -7.55. The first-order valence-electron chi connectivity index (χ1n) is 20.2. The van der Waals surface area contributed by atoms with E-state index in [-0.39, 0.29) is 6.04 Å². The van der Waals surface area contributed by atoms with Gasteiger partial charge in [-0.05, 0) is 82.6 Å². The van der Waals surface area contributed by atoms with Crippen LogP contribution in [0.25, 0.3) is 32.9 Å². The fourth-order valence-electron chi connectivity index (χ4n) is 9.30. The van der Waals surface area contributed by atoms with Crippen molar-refractivity contribution in [2.75, 3.05) is 30.4 Å². The highest BCUT2D eigenvalue weighted by Gasteiger charge is 2.41. The van der Waals surface area contributed by atoms with Crippen LogP contribution in [0.2, 0.25) is 0 Å². The van der Waals surface area contributed by atoms with Gasteiger partial charge in [0.1, 0.15) is 0 Å². The van der Waals surface area contributed by atoms with Gasteiger partial charge in [0.05, 0.1) is 29.9 Å². The zero-order valence-corrected chi connectivity index (χ0v) is 33.2. The van der Waals surface area contributed by atoms with E-state index < -0.39 is 0 Å². The van der Waals surface area contributed by atoms with Crippen molar-refractivity contribution in [1.82, 2.24) is 9.80 Å². The van der Waals surface area contributed by atoms with Crippen molar-refractivity contribution >= 4 is 67.1 Å². The van der Waals surface area contributed by atoms with E-state index in [2.05, 4.69) is 234 Å². The third kappa shape index (κ3) is 6.27. The first kappa shape index (κ1) is 35.8. The highest BCUT2D eigenvalue weighted by molar-refractivity contribution is 6.00. The van der Waals surface area contributed by atoms with Crippen molar-refractivity contribution in [3.63, 3.8) is 0 Å². The van der Waals surface area contributed by atoms with E-state index >= 15 is 0 Å². The highest BCUT2D eigenvalue weighted by atomic mass is 15.2. The van der Waals surface area contributed by atoms with Crippen LogP contribution < -0.4 is 9.80 Å². The Morgan fingerprint density at radius 3 is 1.41 bits per heavy atom. The van der Waals surface area contributed by atoms with Gasteiger partial charge in [0, 0.05) is 76.7 Å². The van der Waals surface area contributed by atoms with Gasteiger partial charge in [0.15, 0.2) is 0 Å². The normalized spacial score (nSPS) is 14.9. The fraction of sp³-hybridized carbons (Fsp3) is 0.0926. The Kier molecular flexibility index (Phi) is 9.16. The van der Waals surface area contributed by atoms with Crippen LogP contribution in [0.1, 0.15) is 17.5 Å². The lowest BCUT2D eigenvalue weighted by molar-refractivity contribution is 0.414. The van der Waals surface area contributed by atoms with E-state index in [1.807, 2.05) is 0 Å². The van der Waals surface area contributed by atoms with Crippen LogP contribution in [-0.2, 0) is 0 Å². The van der Waals surface area contributed by atoms with Crippen molar-refractivity contribution in [3.05, 3.63) is 216 Å². The zero-order chi connectivity index (χ0) is 39.9. The topological polar surface area (TPSA) is 36.8 Å². The molecule has 2 aliphatic rings. The quantitative estimate of drug-likeness (QED) is 0.146. The standard InChI is InChI=1S/C54H43N5/c1-56-37-48-52(54(56)41-29-33-45(34-30-41)59(43-21-7-4-8-22-43)50-26-14-18-39-16-10-12-24-47(39)50)51(35-36-55)57(2)53(48)40-27-31-44(32-28-40)58(42-19-5-3-6-20-42)49-25-13-17-38-15-9-11-23-46(38)49/h3-34,51H,35,37H2,1-2H3. The molecule has 0 amide bonds. The van der Waals surface area contributed by atoms with E-state index in [9.17, 15) is 5.26 Å². The second kappa shape index (κ2) is 15.1. The average molecular weight is 762 g/mol. The lowest BCUT2D eigenvalue weighted by Gasteiger charge is -2.29. The van der Waals surface area contributed by atoms with Crippen molar-refractivity contribution in [2.24, 2.45) is 0 Å². The number of nitrogens with zero attached hydrogens (tertiary/aromatic N) is 5. The van der Waals surface area contributed by atoms with Crippen molar-refractivity contribution < 1.29 is 0 Å². The summed E-state index contributed by atoms with van der Waals surface area (Å²) < 4.78 is 0. The van der Waals surface area contributed by atoms with Crippen molar-refractivity contribution in [2.45, 2.75) is 12.5 Å². The molecule has 0 fully saturated rings. The van der Waals surface area contributed by atoms with Gasteiger partial charge in [-0.25, -0.2) is 0 Å². The molecule has 2 heterocycles. The Labute approximate surface area is 346 Å². The van der Waals surface area contributed by atoms with Gasteiger partial charge in [0.25, 0.3) is 0 Å². The molecule has 0 radical (unpaired) electrons. The minimum absolute atomic E-state index is 0.0581. The van der Waals surface area contributed by atoms with E-state index in [0.717, 1.165) is 51.8 Å². The van der Waals surface area contributed by atoms with Gasteiger partial charge in [-0.2, -0.15) is 5.26 Å². The summed E-state index contributed by atoms with van der Waals surface area (Å²) >= 11 is 0. The second-order valence-corrected chi connectivity index (χ2v) is 15.4. The Morgan fingerprint density at radius 1 is 0.492 bits per heavy atom. The van der Waals surface area contributed by atoms with Gasteiger partial charge in [-0.15, -0.1) is 0 Å². The molecule has 0 aromatic heterocycles. The number of fused-ring (bicyclic) bond motifs is 3. The summed E-state index contributed by atoms with van der Waals surface area (Å²) in [5.74, 6) is 0. The van der Waals surface area contributed by atoms with Gasteiger partial charge >= 0.3 is 0 Å². The number of rotatable bonds is 9. The molecule has 1 atom stereocenters. The summed E-state index contributed by atoms with van der Waals surface area (Å²) in [6.07, 6.45) is 0.401. The second-order valence-electron chi connectivity index (χ2n) is 15.4. The number of benzene rings is 8. The molecule has 8 aromatic carbocycles. The Balaban J connectivity index is 1.04. The molecule has 0 saturated heterocycles. The molecule has 1 unspecified atom stereocenters. The fourth-order valence-corrected chi connectivity index (χ4v) is 9.30. The largest absolute Gasteiger partial charge is 0.369 e. The summed E-state index contributed by atoms with van der Waals surface area (Å²) in [5, 5.41) is 15.0. The molecular formula is C54H43N5. The van der Waals surface area contributed by atoms with Gasteiger partial charge in [-0.3, -0.25) is 0 Å². The predicted octanol–water partition coefficient (Wildman–Crippen LogP) is 13.2. The van der Waals surface area contributed by atoms with Crippen molar-refractivity contribution in [1.29, 1.82) is 5.26 Å². The predicted molar refractivity (Wildman–Crippen MR) is 246 cm³/mol. The molecule has 0 aliphatic carbocycles. The summed E-state index contributed by atoms with van der Waals surface area (Å²) in [6.45, 7) is 0.772. The average Bonchev–Trinajstić information content (AvgIpc) is 3.75. The zero-order valence-electron chi connectivity index (χ0n) is 33.2. The Morgan fingerprint density at radius 2 is 0.915 bits per heavy atom. The third-order valence-electron chi connectivity index (χ3n) is 11.9. The first-order valence-corrected chi connectivity index (χ1v) is 20.2. The molecule has 2 aliphatic heterocycles. The Bertz CT molecular complexity index is 2920. The molecule has 0 spiro atoms. The molecule has 10 rings (SSSR count). The SMILES string of the molecule is CN1CC2=C(c3ccc(N(c4ccccc4)c4cccc5ccccc45)cc3)N(C)C(CC#N)C2=C1c1ccc(N(c2ccccc2)c2cccc3ccccc23)cc1. The van der Waals surface area contributed by atoms with Crippen LogP contribution in [0.3, 0.4) is 0 Å². The molecule has 59 heavy (non-hydrogen) atoms. The molecule has 0 saturated carbocycles. The number of nitriles is 1. The highest BCUT2D eigenvalue weighted by Crippen LogP contribution is 2.49. The minimum Gasteiger partial charge on any atom is -0.369 e. The van der Waals surface area contributed by atoms with Crippen LogP contribution in [0.5, 0.6) is 0 Å². The lowest BCUT2D eigenvalue weighted by atomic mass is 9.96. The minimum atomic E-state index is -0.0581. The number of anilines is 6. The number of hydrogen-bond acceptors (Lipinski definition) is 5. The summed E-state index contributed by atoms with van der Waals surface area (Å²) in [5.41, 5.74) is 13.9. The van der Waals surface area contributed by atoms with Crippen LogP contribution in [0.4, 0.5) is 34.1 Å². The van der Waals surface area contributed by atoms with E-state index in [1.54, 1.807) is 0 Å². The summed E-state index contributed by atoms with van der Waals surface area (Å²) in [7, 11) is 4.33. The maximum Gasteiger partial charge on any atom is 0.0694 e. The molecule has 284 valence electrons. The van der Waals surface area contributed by atoms with E-state index in [0.29, 0.717) is 6.42 Å². The number of hydrogen-bond donors (Lipinski definition) is 0. The van der Waals surface area contributed by atoms with Gasteiger partial charge < -0.3 is 19.6 Å². The van der Waals surface area contributed by atoms with Gasteiger partial charge in [-0.1, -0.05) is 133 Å². The van der Waals surface area contributed by atoms with Crippen molar-refractivity contribution in [3.8, 4) is 6.07 Å². The molecule has 0 N–H and O–H groups in total. The number of likely N-dealkylation sites (N-methyl/N-ethyl adjacent to an activating group) is 2. The number of para-hydroxylation sites is 2. The van der Waals surface area contributed by atoms with Crippen LogP contribution in [0.15, 0.2) is 205 Å².